The highest BCUT2D eigenvalue weighted by Crippen LogP contribution is 2.38. The number of rotatable bonds is 5. The number of amides is 1. The van der Waals surface area contributed by atoms with Gasteiger partial charge in [-0.3, -0.25) is 4.79 Å². The van der Waals surface area contributed by atoms with Crippen LogP contribution in [-0.4, -0.2) is 28.2 Å². The maximum absolute atomic E-state index is 12.9. The molecular weight excluding hydrogens is 452 g/mol. The molecule has 1 aromatic carbocycles. The zero-order valence-corrected chi connectivity index (χ0v) is 21.2. The van der Waals surface area contributed by atoms with Crippen LogP contribution in [-0.2, 0) is 17.6 Å². The molecule has 2 unspecified atom stereocenters. The number of pyridine rings is 1. The van der Waals surface area contributed by atoms with E-state index in [2.05, 4.69) is 37.1 Å². The number of nitrogens with one attached hydrogen (secondary N) is 1. The Balaban J connectivity index is 1.48. The Kier molecular flexibility index (Phi) is 6.64. The second-order valence-corrected chi connectivity index (χ2v) is 11.8. The Labute approximate surface area is 202 Å². The van der Waals surface area contributed by atoms with Crippen LogP contribution in [0, 0.1) is 22.7 Å². The number of hydrogen-bond acceptors (Lipinski definition) is 7. The molecule has 33 heavy (non-hydrogen) atoms. The molecule has 0 aliphatic heterocycles. The van der Waals surface area contributed by atoms with Crippen molar-refractivity contribution in [3.8, 4) is 11.8 Å². The number of nitriles is 1. The number of carbonyl (C=O) groups is 1. The molecule has 3 aromatic rings. The summed E-state index contributed by atoms with van der Waals surface area (Å²) >= 11 is 2.73. The molecule has 8 heteroatoms. The van der Waals surface area contributed by atoms with Crippen LogP contribution in [0.15, 0.2) is 29.3 Å². The van der Waals surface area contributed by atoms with Gasteiger partial charge in [-0.1, -0.05) is 43.9 Å². The minimum atomic E-state index is -0.421. The quantitative estimate of drug-likeness (QED) is 0.462. The van der Waals surface area contributed by atoms with Crippen LogP contribution in [0.4, 0.5) is 5.13 Å². The van der Waals surface area contributed by atoms with Gasteiger partial charge >= 0.3 is 0 Å². The zero-order chi connectivity index (χ0) is 23.8. The van der Waals surface area contributed by atoms with Crippen LogP contribution in [0.5, 0.6) is 5.75 Å². The Morgan fingerprint density at radius 1 is 1.33 bits per heavy atom. The number of hydrogen-bond donors (Lipinski definition) is 1. The van der Waals surface area contributed by atoms with E-state index in [-0.39, 0.29) is 11.3 Å². The molecule has 0 fully saturated rings. The lowest BCUT2D eigenvalue weighted by Crippen LogP contribution is -2.27. The molecule has 1 N–H and O–H groups in total. The van der Waals surface area contributed by atoms with Crippen molar-refractivity contribution in [1.82, 2.24) is 9.97 Å². The van der Waals surface area contributed by atoms with Gasteiger partial charge in [-0.05, 0) is 67.3 Å². The number of benzene rings is 1. The predicted molar refractivity (Wildman–Crippen MR) is 134 cm³/mol. The van der Waals surface area contributed by atoms with Gasteiger partial charge < -0.3 is 10.1 Å². The van der Waals surface area contributed by atoms with Crippen LogP contribution in [0.1, 0.15) is 50.9 Å². The summed E-state index contributed by atoms with van der Waals surface area (Å²) in [7, 11) is 1.62. The van der Waals surface area contributed by atoms with Crippen molar-refractivity contribution in [3.63, 3.8) is 0 Å². The number of aromatic nitrogens is 2. The van der Waals surface area contributed by atoms with Crippen LogP contribution >= 0.6 is 23.1 Å². The summed E-state index contributed by atoms with van der Waals surface area (Å²) in [5.74, 6) is 1.17. The normalized spacial score (nSPS) is 16.7. The van der Waals surface area contributed by atoms with E-state index in [1.807, 2.05) is 31.2 Å². The lowest BCUT2D eigenvalue weighted by molar-refractivity contribution is -0.115. The summed E-state index contributed by atoms with van der Waals surface area (Å²) in [6, 6.07) is 9.89. The summed E-state index contributed by atoms with van der Waals surface area (Å²) < 4.78 is 6.20. The summed E-state index contributed by atoms with van der Waals surface area (Å²) in [6.45, 7) is 8.64. The molecule has 0 saturated carbocycles. The van der Waals surface area contributed by atoms with Gasteiger partial charge in [0.25, 0.3) is 0 Å². The lowest BCUT2D eigenvalue weighted by Gasteiger charge is -2.34. The van der Waals surface area contributed by atoms with E-state index in [4.69, 9.17) is 9.72 Å². The summed E-state index contributed by atoms with van der Waals surface area (Å²) in [5.41, 5.74) is 3.82. The number of aryl methyl sites for hydroxylation is 1. The van der Waals surface area contributed by atoms with Crippen LogP contribution < -0.4 is 10.1 Å². The fourth-order valence-electron chi connectivity index (χ4n) is 4.07. The minimum Gasteiger partial charge on any atom is -0.497 e. The molecule has 2 aromatic heterocycles. The highest BCUT2D eigenvalue weighted by molar-refractivity contribution is 8.00. The molecule has 1 amide bonds. The zero-order valence-electron chi connectivity index (χ0n) is 19.6. The smallest absolute Gasteiger partial charge is 0.239 e. The van der Waals surface area contributed by atoms with Gasteiger partial charge in [-0.25, -0.2) is 9.97 Å². The first-order valence-electron chi connectivity index (χ1n) is 11.0. The number of fused-ring (bicyclic) bond motifs is 2. The summed E-state index contributed by atoms with van der Waals surface area (Å²) in [4.78, 5) is 22.2. The molecule has 1 aliphatic carbocycles. The molecule has 1 aliphatic rings. The van der Waals surface area contributed by atoms with Crippen molar-refractivity contribution in [3.05, 3.63) is 41.1 Å². The highest BCUT2D eigenvalue weighted by Gasteiger charge is 2.30. The van der Waals surface area contributed by atoms with Crippen molar-refractivity contribution in [2.45, 2.75) is 57.2 Å². The van der Waals surface area contributed by atoms with E-state index in [1.54, 1.807) is 7.11 Å². The van der Waals surface area contributed by atoms with E-state index < -0.39 is 5.25 Å². The van der Waals surface area contributed by atoms with Gasteiger partial charge in [0.15, 0.2) is 5.13 Å². The van der Waals surface area contributed by atoms with E-state index in [0.29, 0.717) is 21.6 Å². The number of methoxy groups -OCH3 is 1. The molecule has 6 nitrogen and oxygen atoms in total. The topological polar surface area (TPSA) is 87.9 Å². The first-order valence-corrected chi connectivity index (χ1v) is 12.7. The van der Waals surface area contributed by atoms with Gasteiger partial charge in [0, 0.05) is 5.69 Å². The maximum atomic E-state index is 12.9. The van der Waals surface area contributed by atoms with Crippen molar-refractivity contribution in [1.29, 1.82) is 5.26 Å². The van der Waals surface area contributed by atoms with Crippen molar-refractivity contribution >= 4 is 44.4 Å². The average Bonchev–Trinajstić information content (AvgIpc) is 3.18. The monoisotopic (exact) mass is 480 g/mol. The molecule has 172 valence electrons. The third-order valence-electron chi connectivity index (χ3n) is 6.18. The van der Waals surface area contributed by atoms with Gasteiger partial charge in [-0.2, -0.15) is 5.26 Å². The maximum Gasteiger partial charge on any atom is 0.239 e. The number of nitrogens with zero attached hydrogens (tertiary/aromatic N) is 3. The number of ether oxygens (including phenoxy) is 1. The summed E-state index contributed by atoms with van der Waals surface area (Å²) in [6.07, 6.45) is 2.95. The molecule has 2 heterocycles. The Hall–Kier alpha value is -2.63. The average molecular weight is 481 g/mol. The van der Waals surface area contributed by atoms with E-state index in [9.17, 15) is 10.1 Å². The first kappa shape index (κ1) is 23.5. The molecule has 0 radical (unpaired) electrons. The van der Waals surface area contributed by atoms with Crippen LogP contribution in [0.2, 0.25) is 0 Å². The van der Waals surface area contributed by atoms with Gasteiger partial charge in [0.2, 0.25) is 5.91 Å². The molecule has 0 spiro atoms. The van der Waals surface area contributed by atoms with Gasteiger partial charge in [0.1, 0.15) is 16.8 Å². The molecule has 0 saturated heterocycles. The first-order chi connectivity index (χ1) is 15.7. The fraction of sp³-hybridized carbons (Fsp3) is 0.440. The number of carbonyl (C=O) groups excluding carboxylic acids is 1. The van der Waals surface area contributed by atoms with E-state index >= 15 is 0 Å². The molecular formula is C25H28N4O2S2. The second kappa shape index (κ2) is 9.32. The lowest BCUT2D eigenvalue weighted by atomic mass is 9.71. The van der Waals surface area contributed by atoms with Crippen LogP contribution in [0.3, 0.4) is 0 Å². The SMILES string of the molecule is COc1ccc2nc(NC(=O)C(C)Sc3nc4c(cc3C#N)CC(C(C)(C)C)CC4)sc2c1. The number of thiazole rings is 1. The van der Waals surface area contributed by atoms with Gasteiger partial charge in [0.05, 0.1) is 28.1 Å². The third kappa shape index (κ3) is 5.15. The molecule has 0 bridgehead atoms. The van der Waals surface area contributed by atoms with Crippen molar-refractivity contribution < 1.29 is 9.53 Å². The molecule has 4 rings (SSSR count). The van der Waals surface area contributed by atoms with E-state index in [1.165, 1.54) is 28.7 Å². The number of anilines is 1. The standard InChI is InChI=1S/C25H28N4O2S2/c1-14(22(30)29-24-28-20-9-7-18(31-5)12-21(20)33-24)32-23-16(13-26)10-15-11-17(25(2,3)4)6-8-19(15)27-23/h7,9-10,12,14,17H,6,8,11H2,1-5H3,(H,28,29,30). The van der Waals surface area contributed by atoms with E-state index in [0.717, 1.165) is 40.9 Å². The minimum absolute atomic E-state index is 0.165. The Morgan fingerprint density at radius 2 is 2.12 bits per heavy atom. The van der Waals surface area contributed by atoms with Gasteiger partial charge in [-0.15, -0.1) is 0 Å². The largest absolute Gasteiger partial charge is 0.497 e. The predicted octanol–water partition coefficient (Wildman–Crippen LogP) is 5.84. The number of thioether (sulfide) groups is 1. The highest BCUT2D eigenvalue weighted by atomic mass is 32.2. The van der Waals surface area contributed by atoms with Crippen molar-refractivity contribution in [2.24, 2.45) is 11.3 Å². The second-order valence-electron chi connectivity index (χ2n) is 9.47. The summed E-state index contributed by atoms with van der Waals surface area (Å²) in [5, 5.41) is 13.4. The molecule has 2 atom stereocenters. The van der Waals surface area contributed by atoms with Crippen LogP contribution in [0.25, 0.3) is 10.2 Å². The Morgan fingerprint density at radius 3 is 2.82 bits per heavy atom. The van der Waals surface area contributed by atoms with Crippen molar-refractivity contribution in [2.75, 3.05) is 12.4 Å². The fourth-order valence-corrected chi connectivity index (χ4v) is 5.86. The third-order valence-corrected chi connectivity index (χ3v) is 8.22. The Bertz CT molecular complexity index is 1240.